The molecule has 90 valence electrons. The van der Waals surface area contributed by atoms with Crippen LogP contribution in [0.5, 0.6) is 0 Å². The normalized spacial score (nSPS) is 9.78. The first kappa shape index (κ1) is 12.0. The summed E-state index contributed by atoms with van der Waals surface area (Å²) in [4.78, 5) is 7.74. The van der Waals surface area contributed by atoms with Gasteiger partial charge in [0.1, 0.15) is 29.7 Å². The Morgan fingerprint density at radius 1 is 1.28 bits per heavy atom. The largest absolute Gasteiger partial charge is 0.370 e. The average Bonchev–Trinajstić information content (AvgIpc) is 2.41. The fraction of sp³-hybridized carbons (Fsp3) is 0.154. The maximum absolute atomic E-state index is 13.3. The lowest BCUT2D eigenvalue weighted by Crippen LogP contribution is -2.07. The summed E-state index contributed by atoms with van der Waals surface area (Å²) in [7, 11) is 0. The molecule has 2 rings (SSSR count). The van der Waals surface area contributed by atoms with Gasteiger partial charge in [0.2, 0.25) is 0 Å². The van der Waals surface area contributed by atoms with Crippen LogP contribution >= 0.6 is 0 Å². The van der Waals surface area contributed by atoms with Gasteiger partial charge in [-0.3, -0.25) is 0 Å². The molecule has 0 bridgehead atoms. The first-order chi connectivity index (χ1) is 8.79. The highest BCUT2D eigenvalue weighted by Gasteiger charge is 2.01. The van der Waals surface area contributed by atoms with Crippen molar-refractivity contribution in [2.45, 2.75) is 6.42 Å². The van der Waals surface area contributed by atoms with Crippen molar-refractivity contribution in [2.24, 2.45) is 0 Å². The molecule has 0 fully saturated rings. The summed E-state index contributed by atoms with van der Waals surface area (Å²) < 4.78 is 13.3. The number of nitrogens with zero attached hydrogens (tertiary/aromatic N) is 3. The van der Waals surface area contributed by atoms with Gasteiger partial charge < -0.3 is 5.32 Å². The van der Waals surface area contributed by atoms with Crippen LogP contribution in [0, 0.1) is 17.1 Å². The fourth-order valence-electron chi connectivity index (χ4n) is 1.54. The van der Waals surface area contributed by atoms with Crippen LogP contribution in [-0.4, -0.2) is 16.5 Å². The van der Waals surface area contributed by atoms with Gasteiger partial charge in [0.25, 0.3) is 0 Å². The zero-order chi connectivity index (χ0) is 12.8. The van der Waals surface area contributed by atoms with Crippen molar-refractivity contribution in [2.75, 3.05) is 11.9 Å². The van der Waals surface area contributed by atoms with Crippen LogP contribution < -0.4 is 5.32 Å². The summed E-state index contributed by atoms with van der Waals surface area (Å²) in [5.41, 5.74) is 0.956. The lowest BCUT2D eigenvalue weighted by Gasteiger charge is -2.06. The van der Waals surface area contributed by atoms with Crippen molar-refractivity contribution in [1.29, 1.82) is 5.26 Å². The maximum atomic E-state index is 13.3. The Balaban J connectivity index is 1.93. The Hall–Kier alpha value is -2.48. The molecule has 0 aliphatic rings. The number of hydrogen-bond acceptors (Lipinski definition) is 4. The Kier molecular flexibility index (Phi) is 3.82. The number of benzene rings is 1. The highest BCUT2D eigenvalue weighted by molar-refractivity contribution is 5.38. The summed E-state index contributed by atoms with van der Waals surface area (Å²) >= 11 is 0. The number of halogens is 1. The molecule has 0 saturated heterocycles. The third kappa shape index (κ3) is 3.01. The van der Waals surface area contributed by atoms with Crippen LogP contribution in [0.4, 0.5) is 10.2 Å². The number of nitriles is 1. The Labute approximate surface area is 104 Å². The predicted molar refractivity (Wildman–Crippen MR) is 65.3 cm³/mol. The predicted octanol–water partition coefficient (Wildman–Crippen LogP) is 2.14. The third-order valence-electron chi connectivity index (χ3n) is 2.44. The molecule has 1 N–H and O–H groups in total. The minimum Gasteiger partial charge on any atom is -0.370 e. The number of aromatic nitrogens is 2. The standard InChI is InChI=1S/C13H11FN4/c14-12-4-2-1-3-10(12)5-6-16-13-7-11(8-15)17-9-18-13/h1-4,7,9H,5-6H2,(H,16,17,18). The number of anilines is 1. The molecule has 18 heavy (non-hydrogen) atoms. The molecule has 1 aromatic heterocycles. The van der Waals surface area contributed by atoms with Crippen molar-refractivity contribution in [3.05, 3.63) is 53.7 Å². The van der Waals surface area contributed by atoms with E-state index in [1.54, 1.807) is 24.3 Å². The minimum absolute atomic E-state index is 0.209. The molecule has 0 aliphatic heterocycles. The zero-order valence-electron chi connectivity index (χ0n) is 9.60. The van der Waals surface area contributed by atoms with Gasteiger partial charge in [-0.2, -0.15) is 5.26 Å². The van der Waals surface area contributed by atoms with Gasteiger partial charge in [-0.25, -0.2) is 14.4 Å². The zero-order valence-corrected chi connectivity index (χ0v) is 9.60. The molecular formula is C13H11FN4. The Morgan fingerprint density at radius 2 is 2.11 bits per heavy atom. The van der Waals surface area contributed by atoms with E-state index in [9.17, 15) is 4.39 Å². The van der Waals surface area contributed by atoms with Gasteiger partial charge in [0, 0.05) is 12.6 Å². The minimum atomic E-state index is -0.209. The smallest absolute Gasteiger partial charge is 0.145 e. The molecule has 5 heteroatoms. The summed E-state index contributed by atoms with van der Waals surface area (Å²) in [6.45, 7) is 0.544. The Bertz CT molecular complexity index is 577. The van der Waals surface area contributed by atoms with E-state index in [0.717, 1.165) is 0 Å². The van der Waals surface area contributed by atoms with E-state index in [0.29, 0.717) is 30.0 Å². The molecule has 2 aromatic rings. The van der Waals surface area contributed by atoms with E-state index in [-0.39, 0.29) is 5.82 Å². The fourth-order valence-corrected chi connectivity index (χ4v) is 1.54. The number of rotatable bonds is 4. The first-order valence-electron chi connectivity index (χ1n) is 5.49. The summed E-state index contributed by atoms with van der Waals surface area (Å²) in [5, 5.41) is 11.7. The molecule has 0 aliphatic carbocycles. The molecule has 0 amide bonds. The second-order valence-corrected chi connectivity index (χ2v) is 3.67. The van der Waals surface area contributed by atoms with Gasteiger partial charge in [-0.1, -0.05) is 18.2 Å². The summed E-state index contributed by atoms with van der Waals surface area (Å²) in [6, 6.07) is 10.1. The van der Waals surface area contributed by atoms with Gasteiger partial charge >= 0.3 is 0 Å². The number of nitrogens with one attached hydrogen (secondary N) is 1. The number of hydrogen-bond donors (Lipinski definition) is 1. The molecule has 1 aromatic carbocycles. The van der Waals surface area contributed by atoms with E-state index in [2.05, 4.69) is 15.3 Å². The van der Waals surface area contributed by atoms with E-state index in [4.69, 9.17) is 5.26 Å². The highest BCUT2D eigenvalue weighted by Crippen LogP contribution is 2.08. The highest BCUT2D eigenvalue weighted by atomic mass is 19.1. The van der Waals surface area contributed by atoms with Crippen LogP contribution in [0.25, 0.3) is 0 Å². The average molecular weight is 242 g/mol. The quantitative estimate of drug-likeness (QED) is 0.892. The maximum Gasteiger partial charge on any atom is 0.145 e. The molecule has 0 saturated carbocycles. The van der Waals surface area contributed by atoms with E-state index in [1.165, 1.54) is 12.4 Å². The van der Waals surface area contributed by atoms with Crippen LogP contribution in [0.15, 0.2) is 36.7 Å². The first-order valence-corrected chi connectivity index (χ1v) is 5.49. The molecule has 0 unspecified atom stereocenters. The molecule has 1 heterocycles. The summed E-state index contributed by atoms with van der Waals surface area (Å²) in [5.74, 6) is 0.359. The molecular weight excluding hydrogens is 231 g/mol. The van der Waals surface area contributed by atoms with Crippen LogP contribution in [0.1, 0.15) is 11.3 Å². The van der Waals surface area contributed by atoms with Gasteiger partial charge in [0.05, 0.1) is 0 Å². The van der Waals surface area contributed by atoms with Crippen molar-refractivity contribution >= 4 is 5.82 Å². The van der Waals surface area contributed by atoms with E-state index < -0.39 is 0 Å². The SMILES string of the molecule is N#Cc1cc(NCCc2ccccc2F)ncn1. The van der Waals surface area contributed by atoms with Gasteiger partial charge in [-0.15, -0.1) is 0 Å². The topological polar surface area (TPSA) is 61.6 Å². The van der Waals surface area contributed by atoms with Crippen molar-refractivity contribution in [3.63, 3.8) is 0 Å². The lowest BCUT2D eigenvalue weighted by molar-refractivity contribution is 0.610. The van der Waals surface area contributed by atoms with Crippen LogP contribution in [0.3, 0.4) is 0 Å². The van der Waals surface area contributed by atoms with Crippen molar-refractivity contribution in [3.8, 4) is 6.07 Å². The van der Waals surface area contributed by atoms with Crippen LogP contribution in [-0.2, 0) is 6.42 Å². The molecule has 4 nitrogen and oxygen atoms in total. The second kappa shape index (κ2) is 5.73. The molecule has 0 spiro atoms. The van der Waals surface area contributed by atoms with E-state index >= 15 is 0 Å². The third-order valence-corrected chi connectivity index (χ3v) is 2.44. The molecule has 0 atom stereocenters. The van der Waals surface area contributed by atoms with Crippen molar-refractivity contribution in [1.82, 2.24) is 9.97 Å². The van der Waals surface area contributed by atoms with Crippen molar-refractivity contribution < 1.29 is 4.39 Å². The van der Waals surface area contributed by atoms with Crippen LogP contribution in [0.2, 0.25) is 0 Å². The Morgan fingerprint density at radius 3 is 2.89 bits per heavy atom. The second-order valence-electron chi connectivity index (χ2n) is 3.67. The monoisotopic (exact) mass is 242 g/mol. The van der Waals surface area contributed by atoms with Gasteiger partial charge in [0.15, 0.2) is 0 Å². The van der Waals surface area contributed by atoms with E-state index in [1.807, 2.05) is 6.07 Å². The lowest BCUT2D eigenvalue weighted by atomic mass is 10.1. The summed E-state index contributed by atoms with van der Waals surface area (Å²) in [6.07, 6.45) is 1.88. The molecule has 0 radical (unpaired) electrons. The van der Waals surface area contributed by atoms with Gasteiger partial charge in [-0.05, 0) is 18.1 Å².